The van der Waals surface area contributed by atoms with Crippen LogP contribution in [0.5, 0.6) is 0 Å². The van der Waals surface area contributed by atoms with Gasteiger partial charge in [0.25, 0.3) is 10.2 Å². The molecule has 0 aromatic carbocycles. The van der Waals surface area contributed by atoms with E-state index in [1.165, 1.54) is 8.61 Å². The monoisotopic (exact) mass is 319 g/mol. The molecule has 1 saturated heterocycles. The van der Waals surface area contributed by atoms with Crippen LogP contribution in [-0.4, -0.2) is 55.2 Å². The Morgan fingerprint density at radius 2 is 1.81 bits per heavy atom. The van der Waals surface area contributed by atoms with Crippen molar-refractivity contribution in [2.45, 2.75) is 47.1 Å². The summed E-state index contributed by atoms with van der Waals surface area (Å²) in [6.45, 7) is 10.9. The van der Waals surface area contributed by atoms with Crippen molar-refractivity contribution in [2.75, 3.05) is 26.2 Å². The van der Waals surface area contributed by atoms with Crippen LogP contribution in [0.3, 0.4) is 0 Å². The van der Waals surface area contributed by atoms with E-state index in [1.54, 1.807) is 6.92 Å². The molecular weight excluding hydrogens is 290 g/mol. The minimum Gasteiger partial charge on any atom is -0.353 e. The molecule has 1 fully saturated rings. The summed E-state index contributed by atoms with van der Waals surface area (Å²) in [5.41, 5.74) is 0. The van der Waals surface area contributed by atoms with E-state index in [0.29, 0.717) is 31.5 Å². The fourth-order valence-electron chi connectivity index (χ4n) is 2.84. The smallest absolute Gasteiger partial charge is 0.282 e. The van der Waals surface area contributed by atoms with Crippen molar-refractivity contribution in [3.8, 4) is 0 Å². The van der Waals surface area contributed by atoms with Crippen molar-refractivity contribution in [3.05, 3.63) is 0 Å². The van der Waals surface area contributed by atoms with Gasteiger partial charge in [0.2, 0.25) is 5.91 Å². The highest BCUT2D eigenvalue weighted by atomic mass is 32.2. The predicted octanol–water partition coefficient (Wildman–Crippen LogP) is 1.06. The van der Waals surface area contributed by atoms with E-state index in [1.807, 2.05) is 13.8 Å². The Kier molecular flexibility index (Phi) is 6.62. The van der Waals surface area contributed by atoms with E-state index in [-0.39, 0.29) is 18.5 Å². The van der Waals surface area contributed by atoms with Crippen molar-refractivity contribution in [1.82, 2.24) is 13.9 Å². The summed E-state index contributed by atoms with van der Waals surface area (Å²) in [5.74, 6) is 0.451. The molecule has 1 heterocycles. The molecule has 6 nitrogen and oxygen atoms in total. The number of carbonyl (C=O) groups is 1. The van der Waals surface area contributed by atoms with Crippen molar-refractivity contribution < 1.29 is 13.2 Å². The molecule has 1 amide bonds. The lowest BCUT2D eigenvalue weighted by atomic mass is 9.94. The van der Waals surface area contributed by atoms with Crippen molar-refractivity contribution in [2.24, 2.45) is 11.8 Å². The van der Waals surface area contributed by atoms with Gasteiger partial charge < -0.3 is 5.32 Å². The lowest BCUT2D eigenvalue weighted by molar-refractivity contribution is -0.121. The zero-order valence-electron chi connectivity index (χ0n) is 13.8. The molecule has 124 valence electrons. The molecular formula is C14H29N3O3S. The molecule has 2 atom stereocenters. The Labute approximate surface area is 129 Å². The van der Waals surface area contributed by atoms with Gasteiger partial charge in [-0.2, -0.15) is 17.0 Å². The SMILES string of the molecule is CCN(CC(=O)NC(C)C)S(=O)(=O)N1CC(C)CC(C)C1. The number of amides is 1. The first-order chi connectivity index (χ1) is 9.66. The topological polar surface area (TPSA) is 69.7 Å². The Balaban J connectivity index is 2.79. The maximum atomic E-state index is 12.7. The molecule has 0 aliphatic carbocycles. The molecule has 0 aromatic rings. The summed E-state index contributed by atoms with van der Waals surface area (Å²) >= 11 is 0. The van der Waals surface area contributed by atoms with E-state index in [0.717, 1.165) is 6.42 Å². The molecule has 21 heavy (non-hydrogen) atoms. The van der Waals surface area contributed by atoms with Crippen LogP contribution < -0.4 is 5.32 Å². The lowest BCUT2D eigenvalue weighted by Crippen LogP contribution is -2.52. The van der Waals surface area contributed by atoms with Gasteiger partial charge in [-0.3, -0.25) is 4.79 Å². The highest BCUT2D eigenvalue weighted by Crippen LogP contribution is 2.24. The third kappa shape index (κ3) is 5.23. The minimum atomic E-state index is -3.57. The lowest BCUT2D eigenvalue weighted by Gasteiger charge is -2.36. The normalized spacial score (nSPS) is 24.5. The summed E-state index contributed by atoms with van der Waals surface area (Å²) in [4.78, 5) is 11.8. The van der Waals surface area contributed by atoms with E-state index >= 15 is 0 Å². The number of carbonyl (C=O) groups excluding carboxylic acids is 1. The second-order valence-electron chi connectivity index (χ2n) is 6.42. The minimum absolute atomic E-state index is 0.00828. The van der Waals surface area contributed by atoms with Gasteiger partial charge in [-0.05, 0) is 32.1 Å². The number of hydrogen-bond donors (Lipinski definition) is 1. The second kappa shape index (κ2) is 7.56. The molecule has 1 aliphatic rings. The summed E-state index contributed by atoms with van der Waals surface area (Å²) < 4.78 is 28.2. The Bertz CT molecular complexity index is 440. The van der Waals surface area contributed by atoms with E-state index in [9.17, 15) is 13.2 Å². The Morgan fingerprint density at radius 3 is 2.24 bits per heavy atom. The maximum Gasteiger partial charge on any atom is 0.282 e. The summed E-state index contributed by atoms with van der Waals surface area (Å²) in [6.07, 6.45) is 1.05. The van der Waals surface area contributed by atoms with Crippen LogP contribution in [0, 0.1) is 11.8 Å². The van der Waals surface area contributed by atoms with Gasteiger partial charge in [-0.25, -0.2) is 0 Å². The van der Waals surface area contributed by atoms with Gasteiger partial charge in [0.15, 0.2) is 0 Å². The van der Waals surface area contributed by atoms with Gasteiger partial charge in [0.1, 0.15) is 0 Å². The summed E-state index contributed by atoms with van der Waals surface area (Å²) in [6, 6.07) is 0.00828. The number of nitrogens with one attached hydrogen (secondary N) is 1. The first-order valence-electron chi connectivity index (χ1n) is 7.71. The predicted molar refractivity (Wildman–Crippen MR) is 84.0 cm³/mol. The summed E-state index contributed by atoms with van der Waals surface area (Å²) in [7, 11) is -3.57. The number of nitrogens with zero attached hydrogens (tertiary/aromatic N) is 2. The molecule has 0 saturated carbocycles. The average Bonchev–Trinajstić information content (AvgIpc) is 2.33. The quantitative estimate of drug-likeness (QED) is 0.796. The molecule has 2 unspecified atom stereocenters. The number of piperidine rings is 1. The number of likely N-dealkylation sites (N-methyl/N-ethyl adjacent to an activating group) is 1. The number of hydrogen-bond acceptors (Lipinski definition) is 3. The van der Waals surface area contributed by atoms with Crippen LogP contribution in [0.15, 0.2) is 0 Å². The molecule has 0 aromatic heterocycles. The van der Waals surface area contributed by atoms with Crippen molar-refractivity contribution >= 4 is 16.1 Å². The maximum absolute atomic E-state index is 12.7. The first kappa shape index (κ1) is 18.4. The fraction of sp³-hybridized carbons (Fsp3) is 0.929. The molecule has 1 rings (SSSR count). The molecule has 1 N–H and O–H groups in total. The zero-order chi connectivity index (χ0) is 16.2. The van der Waals surface area contributed by atoms with E-state index in [4.69, 9.17) is 0 Å². The van der Waals surface area contributed by atoms with E-state index in [2.05, 4.69) is 19.2 Å². The van der Waals surface area contributed by atoms with Crippen LogP contribution in [0.25, 0.3) is 0 Å². The third-order valence-electron chi connectivity index (χ3n) is 3.61. The first-order valence-corrected chi connectivity index (χ1v) is 9.11. The standard InChI is InChI=1S/C14H29N3O3S/c1-6-16(10-14(18)15-11(2)3)21(19,20)17-8-12(4)7-13(5)9-17/h11-13H,6-10H2,1-5H3,(H,15,18). The van der Waals surface area contributed by atoms with Gasteiger partial charge >= 0.3 is 0 Å². The fourth-order valence-corrected chi connectivity index (χ4v) is 4.66. The van der Waals surface area contributed by atoms with Gasteiger partial charge in [-0.15, -0.1) is 0 Å². The summed E-state index contributed by atoms with van der Waals surface area (Å²) in [5, 5.41) is 2.74. The van der Waals surface area contributed by atoms with Crippen LogP contribution in [0.4, 0.5) is 0 Å². The van der Waals surface area contributed by atoms with E-state index < -0.39 is 10.2 Å². The van der Waals surface area contributed by atoms with Crippen LogP contribution in [0.2, 0.25) is 0 Å². The van der Waals surface area contributed by atoms with Crippen LogP contribution in [0.1, 0.15) is 41.0 Å². The number of rotatable bonds is 6. The highest BCUT2D eigenvalue weighted by molar-refractivity contribution is 7.86. The van der Waals surface area contributed by atoms with Crippen molar-refractivity contribution in [3.63, 3.8) is 0 Å². The highest BCUT2D eigenvalue weighted by Gasteiger charge is 2.34. The van der Waals surface area contributed by atoms with Gasteiger partial charge in [-0.1, -0.05) is 20.8 Å². The largest absolute Gasteiger partial charge is 0.353 e. The zero-order valence-corrected chi connectivity index (χ0v) is 14.6. The molecule has 7 heteroatoms. The molecule has 0 radical (unpaired) electrons. The van der Waals surface area contributed by atoms with Gasteiger partial charge in [0.05, 0.1) is 6.54 Å². The molecule has 1 aliphatic heterocycles. The van der Waals surface area contributed by atoms with Crippen LogP contribution in [-0.2, 0) is 15.0 Å². The average molecular weight is 319 g/mol. The second-order valence-corrected chi connectivity index (χ2v) is 8.35. The Morgan fingerprint density at radius 1 is 1.29 bits per heavy atom. The molecule has 0 spiro atoms. The third-order valence-corrected chi connectivity index (χ3v) is 5.60. The van der Waals surface area contributed by atoms with Gasteiger partial charge in [0, 0.05) is 25.7 Å². The molecule has 0 bridgehead atoms. The van der Waals surface area contributed by atoms with Crippen LogP contribution >= 0.6 is 0 Å². The Hall–Kier alpha value is -0.660. The van der Waals surface area contributed by atoms with Crippen molar-refractivity contribution in [1.29, 1.82) is 0 Å².